The van der Waals surface area contributed by atoms with Crippen LogP contribution in [0.3, 0.4) is 0 Å². The minimum absolute atomic E-state index is 0. The van der Waals surface area contributed by atoms with E-state index in [2.05, 4.69) is 204 Å². The first-order valence-electron chi connectivity index (χ1n) is 18.5. The molecule has 0 unspecified atom stereocenters. The molecule has 9 rings (SSSR count). The Balaban J connectivity index is 0.000000141. The molecule has 2 nitrogen and oxygen atoms in total. The molecular formula is C51H43AgN2P2+2. The van der Waals surface area contributed by atoms with Crippen molar-refractivity contribution in [3.63, 3.8) is 0 Å². The van der Waals surface area contributed by atoms with Gasteiger partial charge in [0.2, 0.25) is 0 Å². The Morgan fingerprint density at radius 2 is 0.625 bits per heavy atom. The summed E-state index contributed by atoms with van der Waals surface area (Å²) in [6, 6.07) is 83.1. The topological polar surface area (TPSA) is 27.0 Å². The number of aromatic nitrogens is 2. The fourth-order valence-corrected chi connectivity index (χ4v) is 11.7. The fourth-order valence-electron chi connectivity index (χ4n) is 6.54. The van der Waals surface area contributed by atoms with Crippen LogP contribution in [0, 0.1) is 0 Å². The molecule has 0 aliphatic heterocycles. The molecule has 0 atom stereocenters. The van der Waals surface area contributed by atoms with E-state index in [9.17, 15) is 0 Å². The predicted molar refractivity (Wildman–Crippen MR) is 242 cm³/mol. The van der Waals surface area contributed by atoms with Crippen molar-refractivity contribution in [2.45, 2.75) is 0 Å². The zero-order valence-corrected chi connectivity index (χ0v) is 34.3. The Bertz CT molecular complexity index is 2090. The predicted octanol–water partition coefficient (Wildman–Crippen LogP) is 9.72. The third kappa shape index (κ3) is 10.9. The van der Waals surface area contributed by atoms with E-state index in [0.29, 0.717) is 0 Å². The van der Waals surface area contributed by atoms with Crippen molar-refractivity contribution in [2.24, 2.45) is 0 Å². The average Bonchev–Trinajstić information content (AvgIpc) is 3.83. The van der Waals surface area contributed by atoms with E-state index in [0.717, 1.165) is 22.5 Å². The summed E-state index contributed by atoms with van der Waals surface area (Å²) >= 11 is 0. The second-order valence-corrected chi connectivity index (χ2v) is 17.7. The van der Waals surface area contributed by atoms with Gasteiger partial charge in [-0.1, -0.05) is 152 Å². The van der Waals surface area contributed by atoms with Gasteiger partial charge in [-0.2, -0.15) is 6.20 Å². The zero-order chi connectivity index (χ0) is 37.3. The minimum Gasteiger partial charge on any atom is -0.664 e. The van der Waals surface area contributed by atoms with Crippen LogP contribution < -0.4 is 36.8 Å². The van der Waals surface area contributed by atoms with E-state index < -0.39 is 15.8 Å². The maximum atomic E-state index is 4.39. The van der Waals surface area contributed by atoms with Crippen LogP contribution in [0.15, 0.2) is 249 Å². The largest absolute Gasteiger partial charge is 1.00 e. The van der Waals surface area contributed by atoms with Gasteiger partial charge in [-0.3, -0.25) is 4.98 Å². The van der Waals surface area contributed by atoms with Gasteiger partial charge in [-0.05, 0) is 90.5 Å². The van der Waals surface area contributed by atoms with Gasteiger partial charge in [0, 0.05) is 11.8 Å². The molecule has 2 aromatic heterocycles. The molecule has 0 amide bonds. The normalized spacial score (nSPS) is 10.3. The van der Waals surface area contributed by atoms with Crippen molar-refractivity contribution in [3.8, 4) is 22.5 Å². The van der Waals surface area contributed by atoms with E-state index in [-0.39, 0.29) is 22.4 Å². The van der Waals surface area contributed by atoms with Crippen molar-refractivity contribution < 1.29 is 22.4 Å². The third-order valence-corrected chi connectivity index (χ3v) is 14.5. The molecule has 0 bridgehead atoms. The molecule has 0 spiro atoms. The molecule has 7 aromatic carbocycles. The van der Waals surface area contributed by atoms with Crippen LogP contribution in [0.1, 0.15) is 0 Å². The average molecular weight is 854 g/mol. The molecule has 276 valence electrons. The molecule has 0 aliphatic carbocycles. The number of pyridine rings is 1. The second kappa shape index (κ2) is 21.6. The number of hydrogen-bond donors (Lipinski definition) is 0. The Morgan fingerprint density at radius 3 is 0.929 bits per heavy atom. The molecule has 5 heteroatoms. The number of hydrogen-bond acceptors (Lipinski definition) is 1. The van der Waals surface area contributed by atoms with Crippen LogP contribution in [0.2, 0.25) is 0 Å². The quantitative estimate of drug-likeness (QED) is 0.113. The van der Waals surface area contributed by atoms with Crippen LogP contribution in [-0.4, -0.2) is 4.98 Å². The molecule has 0 aliphatic rings. The van der Waals surface area contributed by atoms with Crippen LogP contribution >= 0.6 is 15.8 Å². The summed E-state index contributed by atoms with van der Waals surface area (Å²) in [5, 5.41) is 8.61. The summed E-state index contributed by atoms with van der Waals surface area (Å²) in [4.78, 5) is 8.74. The monoisotopic (exact) mass is 852 g/mol. The summed E-state index contributed by atoms with van der Waals surface area (Å²) in [6.45, 7) is 0. The van der Waals surface area contributed by atoms with E-state index in [1.54, 1.807) is 0 Å². The number of rotatable bonds is 8. The second-order valence-electron chi connectivity index (χ2n) is 12.7. The van der Waals surface area contributed by atoms with Crippen LogP contribution in [-0.2, 0) is 22.4 Å². The molecule has 0 saturated carbocycles. The van der Waals surface area contributed by atoms with Gasteiger partial charge in [0.05, 0.1) is 21.5 Å². The van der Waals surface area contributed by atoms with E-state index in [4.69, 9.17) is 0 Å². The van der Waals surface area contributed by atoms with Gasteiger partial charge in [0.1, 0.15) is 31.8 Å². The first-order valence-corrected chi connectivity index (χ1v) is 21.5. The molecule has 0 N–H and O–H groups in total. The summed E-state index contributed by atoms with van der Waals surface area (Å²) in [5.41, 5.74) is 4.21. The third-order valence-electron chi connectivity index (χ3n) is 9.07. The van der Waals surface area contributed by atoms with E-state index in [1.165, 1.54) is 31.8 Å². The van der Waals surface area contributed by atoms with Crippen molar-refractivity contribution in [2.75, 3.05) is 0 Å². The van der Waals surface area contributed by atoms with Crippen molar-refractivity contribution >= 4 is 47.7 Å². The molecular weight excluding hydrogens is 810 g/mol. The Labute approximate surface area is 349 Å². The number of nitrogens with zero attached hydrogens (tertiary/aromatic N) is 2. The first kappa shape index (κ1) is 40.2. The fraction of sp³-hybridized carbons (Fsp3) is 0. The summed E-state index contributed by atoms with van der Waals surface area (Å²) in [7, 11) is -1.75. The first-order chi connectivity index (χ1) is 27.3. The number of benzene rings is 7. The molecule has 0 radical (unpaired) electrons. The van der Waals surface area contributed by atoms with E-state index in [1.807, 2.05) is 54.9 Å². The molecule has 0 saturated heterocycles. The Hall–Kier alpha value is -5.43. The Morgan fingerprint density at radius 1 is 0.304 bits per heavy atom. The standard InChI is InChI=1S/2C18H15P.C15H11N2.Ag/c2*1-4-10-16(11-5-1)19(17-12-6-2-7-13-17)18-14-8-3-9-15-18;1-2-7-13(15-9-5-11-17-15)12(6-1)14-8-3-4-10-16-14;/h2*1-15H;1-11H;/q;;-1;+1/p+2. The smallest absolute Gasteiger partial charge is 0.664 e. The minimum atomic E-state index is -0.877. The van der Waals surface area contributed by atoms with Crippen LogP contribution in [0.25, 0.3) is 22.5 Å². The van der Waals surface area contributed by atoms with Crippen molar-refractivity contribution in [1.29, 1.82) is 0 Å². The molecule has 56 heavy (non-hydrogen) atoms. The van der Waals surface area contributed by atoms with Crippen LogP contribution in [0.4, 0.5) is 0 Å². The van der Waals surface area contributed by atoms with Gasteiger partial charge >= 0.3 is 22.4 Å². The van der Waals surface area contributed by atoms with Gasteiger partial charge < -0.3 is 4.98 Å². The summed E-state index contributed by atoms with van der Waals surface area (Å²) < 4.78 is 0. The van der Waals surface area contributed by atoms with Gasteiger partial charge in [0.25, 0.3) is 0 Å². The SMILES string of the molecule is [Ag+].c1ccc(-c2ccccc2-c2ccc[n-]2)nc1.c1ccc([PH+](c2ccccc2)c2ccccc2)cc1.c1ccc([PH+](c2ccccc2)c2ccccc2)cc1. The van der Waals surface area contributed by atoms with Gasteiger partial charge in [-0.15, -0.1) is 5.69 Å². The van der Waals surface area contributed by atoms with Crippen molar-refractivity contribution in [3.05, 3.63) is 249 Å². The van der Waals surface area contributed by atoms with Crippen molar-refractivity contribution in [1.82, 2.24) is 9.97 Å². The molecule has 2 heterocycles. The van der Waals surface area contributed by atoms with Crippen LogP contribution in [0.5, 0.6) is 0 Å². The van der Waals surface area contributed by atoms with E-state index >= 15 is 0 Å². The molecule has 9 aromatic rings. The maximum Gasteiger partial charge on any atom is 1.00 e. The van der Waals surface area contributed by atoms with Gasteiger partial charge in [0.15, 0.2) is 0 Å². The zero-order valence-electron chi connectivity index (χ0n) is 30.9. The summed E-state index contributed by atoms with van der Waals surface area (Å²) in [6.07, 6.45) is 3.62. The van der Waals surface area contributed by atoms with Gasteiger partial charge in [-0.25, -0.2) is 0 Å². The molecule has 0 fully saturated rings. The Kier molecular flexibility index (Phi) is 15.5. The maximum absolute atomic E-state index is 4.39. The summed E-state index contributed by atoms with van der Waals surface area (Å²) in [5.74, 6) is 0.